The first-order valence-electron chi connectivity index (χ1n) is 14.7. The average molecular weight is 582 g/mol. The van der Waals surface area contributed by atoms with Gasteiger partial charge in [0, 0.05) is 6.04 Å². The minimum Gasteiger partial charge on any atom is -0.391 e. The number of nitrogens with zero attached hydrogens (tertiary/aromatic N) is 2. The Hall–Kier alpha value is -2.46. The normalized spacial score (nSPS) is 33.1. The Morgan fingerprint density at radius 3 is 2.24 bits per heavy atom. The Kier molecular flexibility index (Phi) is 9.24. The SMILES string of the molecule is C=C/C=C(/NN1C(C(O)C2CC(C(C)(C)F)CC(C(F)(F)F)C2)C=CC2C(=O)N(C3CCCCC3)C(=O)C21)C(=C)C. The fourth-order valence-corrected chi connectivity index (χ4v) is 7.09. The topological polar surface area (TPSA) is 72.9 Å². The highest BCUT2D eigenvalue weighted by atomic mass is 19.4. The van der Waals surface area contributed by atoms with Crippen LogP contribution in [0.25, 0.3) is 0 Å². The van der Waals surface area contributed by atoms with Gasteiger partial charge in [-0.25, -0.2) is 9.40 Å². The molecular formula is C31H43F4N3O3. The number of hydrazine groups is 1. The van der Waals surface area contributed by atoms with Gasteiger partial charge in [0.1, 0.15) is 11.7 Å². The molecule has 228 valence electrons. The summed E-state index contributed by atoms with van der Waals surface area (Å²) >= 11 is 0. The standard InChI is InChI=1S/C31H43F4N3O3/c1-6-10-24(18(2)3)36-38-25(27(39)19-15-20(30(4,5)32)17-21(16-19)31(33,34)35)14-13-23-26(38)29(41)37(28(23)40)22-11-8-7-9-12-22/h6,10,13-14,19-23,25-27,36,39H,1-2,7-9,11-12,15-17H2,3-5H3/b24-10+. The van der Waals surface area contributed by atoms with E-state index in [9.17, 15) is 27.9 Å². The maximum absolute atomic E-state index is 15.0. The number of carbonyl (C=O) groups excluding carboxylic acids is 2. The van der Waals surface area contributed by atoms with Crippen LogP contribution in [0.3, 0.4) is 0 Å². The molecule has 2 saturated carbocycles. The van der Waals surface area contributed by atoms with E-state index in [4.69, 9.17) is 0 Å². The van der Waals surface area contributed by atoms with Crippen LogP contribution >= 0.6 is 0 Å². The number of amides is 2. The quantitative estimate of drug-likeness (QED) is 0.165. The molecule has 7 unspecified atom stereocenters. The van der Waals surface area contributed by atoms with E-state index in [1.807, 2.05) is 0 Å². The lowest BCUT2D eigenvalue weighted by Gasteiger charge is -2.46. The summed E-state index contributed by atoms with van der Waals surface area (Å²) in [5.41, 5.74) is 2.40. The number of halogens is 4. The second kappa shape index (κ2) is 12.0. The van der Waals surface area contributed by atoms with Crippen LogP contribution in [0.2, 0.25) is 0 Å². The van der Waals surface area contributed by atoms with E-state index in [1.165, 1.54) is 29.8 Å². The van der Waals surface area contributed by atoms with Gasteiger partial charge >= 0.3 is 6.18 Å². The molecule has 4 aliphatic rings. The third-order valence-electron chi connectivity index (χ3n) is 9.43. The molecule has 41 heavy (non-hydrogen) atoms. The third kappa shape index (κ3) is 6.48. The molecule has 0 aromatic heterocycles. The lowest BCUT2D eigenvalue weighted by molar-refractivity contribution is -0.200. The number of likely N-dealkylation sites (tertiary alicyclic amines) is 1. The summed E-state index contributed by atoms with van der Waals surface area (Å²) in [7, 11) is 0. The molecule has 0 aromatic rings. The van der Waals surface area contributed by atoms with Crippen molar-refractivity contribution >= 4 is 11.8 Å². The fourth-order valence-electron chi connectivity index (χ4n) is 7.09. The van der Waals surface area contributed by atoms with Gasteiger partial charge in [0.15, 0.2) is 0 Å². The van der Waals surface area contributed by atoms with Crippen LogP contribution in [0.5, 0.6) is 0 Å². The van der Waals surface area contributed by atoms with Gasteiger partial charge in [-0.2, -0.15) is 13.2 Å². The van der Waals surface area contributed by atoms with Gasteiger partial charge in [-0.15, -0.1) is 0 Å². The first kappa shape index (κ1) is 31.5. The van der Waals surface area contributed by atoms with E-state index in [2.05, 4.69) is 18.6 Å². The Morgan fingerprint density at radius 1 is 1.05 bits per heavy atom. The Balaban J connectivity index is 1.70. The van der Waals surface area contributed by atoms with Crippen LogP contribution in [0.15, 0.2) is 48.7 Å². The number of rotatable bonds is 8. The van der Waals surface area contributed by atoms with Crippen molar-refractivity contribution in [2.24, 2.45) is 23.7 Å². The number of hydrogen-bond acceptors (Lipinski definition) is 5. The highest BCUT2D eigenvalue weighted by Crippen LogP contribution is 2.48. The van der Waals surface area contributed by atoms with Gasteiger partial charge in [-0.3, -0.25) is 14.5 Å². The van der Waals surface area contributed by atoms with Crippen LogP contribution in [0.1, 0.15) is 72.1 Å². The maximum atomic E-state index is 15.0. The zero-order chi connectivity index (χ0) is 30.3. The van der Waals surface area contributed by atoms with Crippen LogP contribution in [0, 0.1) is 23.7 Å². The highest BCUT2D eigenvalue weighted by molar-refractivity contribution is 6.08. The van der Waals surface area contributed by atoms with Crippen LogP contribution in [0.4, 0.5) is 17.6 Å². The molecule has 0 aromatic carbocycles. The van der Waals surface area contributed by atoms with E-state index >= 15 is 4.39 Å². The number of hydrogen-bond donors (Lipinski definition) is 2. The fraction of sp³-hybridized carbons (Fsp3) is 0.677. The first-order valence-corrected chi connectivity index (χ1v) is 14.7. The van der Waals surface area contributed by atoms with Gasteiger partial charge < -0.3 is 10.5 Å². The van der Waals surface area contributed by atoms with Gasteiger partial charge in [0.2, 0.25) is 11.8 Å². The van der Waals surface area contributed by atoms with Crippen LogP contribution in [-0.2, 0) is 9.59 Å². The zero-order valence-electron chi connectivity index (χ0n) is 24.2. The van der Waals surface area contributed by atoms with Crippen molar-refractivity contribution in [3.05, 3.63) is 48.7 Å². The summed E-state index contributed by atoms with van der Waals surface area (Å²) in [6, 6.07) is -2.15. The van der Waals surface area contributed by atoms with E-state index in [0.717, 1.165) is 32.1 Å². The van der Waals surface area contributed by atoms with Crippen molar-refractivity contribution in [3.63, 3.8) is 0 Å². The molecule has 2 aliphatic heterocycles. The van der Waals surface area contributed by atoms with Crippen molar-refractivity contribution < 1.29 is 32.3 Å². The molecule has 2 N–H and O–H groups in total. The number of fused-ring (bicyclic) bond motifs is 1. The number of allylic oxidation sites excluding steroid dienone is 3. The number of carbonyl (C=O) groups is 2. The smallest absolute Gasteiger partial charge is 0.391 e. The maximum Gasteiger partial charge on any atom is 0.391 e. The van der Waals surface area contributed by atoms with Crippen molar-refractivity contribution in [2.45, 2.75) is 108 Å². The Morgan fingerprint density at radius 2 is 1.68 bits per heavy atom. The summed E-state index contributed by atoms with van der Waals surface area (Å²) in [4.78, 5) is 28.8. The lowest BCUT2D eigenvalue weighted by Crippen LogP contribution is -2.62. The average Bonchev–Trinajstić information content (AvgIpc) is 3.16. The molecule has 2 heterocycles. The number of alkyl halides is 4. The molecule has 1 saturated heterocycles. The first-order chi connectivity index (χ1) is 19.1. The Labute approximate surface area is 240 Å². The predicted molar refractivity (Wildman–Crippen MR) is 149 cm³/mol. The lowest BCUT2D eigenvalue weighted by atomic mass is 9.67. The van der Waals surface area contributed by atoms with E-state index in [1.54, 1.807) is 25.2 Å². The minimum absolute atomic E-state index is 0.0699. The molecule has 7 atom stereocenters. The summed E-state index contributed by atoms with van der Waals surface area (Å²) in [6.07, 6.45) is 4.23. The highest BCUT2D eigenvalue weighted by Gasteiger charge is 2.57. The van der Waals surface area contributed by atoms with Crippen LogP contribution < -0.4 is 5.43 Å². The predicted octanol–water partition coefficient (Wildman–Crippen LogP) is 5.77. The van der Waals surface area contributed by atoms with Gasteiger partial charge in [0.05, 0.1) is 29.7 Å². The second-order valence-corrected chi connectivity index (χ2v) is 12.8. The second-order valence-electron chi connectivity index (χ2n) is 12.8. The van der Waals surface area contributed by atoms with Gasteiger partial charge in [-0.05, 0) is 76.4 Å². The zero-order valence-corrected chi connectivity index (χ0v) is 24.2. The van der Waals surface area contributed by atoms with E-state index < -0.39 is 53.7 Å². The van der Waals surface area contributed by atoms with Crippen molar-refractivity contribution in [2.75, 3.05) is 0 Å². The molecule has 6 nitrogen and oxygen atoms in total. The number of imide groups is 1. The van der Waals surface area contributed by atoms with Crippen molar-refractivity contribution in [3.8, 4) is 0 Å². The van der Waals surface area contributed by atoms with Crippen molar-refractivity contribution in [1.82, 2.24) is 15.3 Å². The van der Waals surface area contributed by atoms with Gasteiger partial charge in [0.25, 0.3) is 0 Å². The minimum atomic E-state index is -4.53. The Bertz CT molecular complexity index is 1070. The summed E-state index contributed by atoms with van der Waals surface area (Å²) in [5.74, 6) is -5.03. The molecule has 3 fully saturated rings. The third-order valence-corrected chi connectivity index (χ3v) is 9.43. The summed E-state index contributed by atoms with van der Waals surface area (Å²) < 4.78 is 56.8. The molecule has 10 heteroatoms. The van der Waals surface area contributed by atoms with E-state index in [-0.39, 0.29) is 37.1 Å². The molecule has 0 bridgehead atoms. The molecule has 2 aliphatic carbocycles. The largest absolute Gasteiger partial charge is 0.391 e. The van der Waals surface area contributed by atoms with Gasteiger partial charge in [-0.1, -0.05) is 50.6 Å². The van der Waals surface area contributed by atoms with Crippen molar-refractivity contribution in [1.29, 1.82) is 0 Å². The molecular weight excluding hydrogens is 538 g/mol. The number of nitrogens with one attached hydrogen (secondary N) is 1. The summed E-state index contributed by atoms with van der Waals surface area (Å²) in [5, 5.41) is 13.2. The number of aliphatic hydroxyl groups excluding tert-OH is 1. The van der Waals surface area contributed by atoms with E-state index in [0.29, 0.717) is 11.3 Å². The summed E-state index contributed by atoms with van der Waals surface area (Å²) in [6.45, 7) is 12.0. The molecule has 0 radical (unpaired) electrons. The van der Waals surface area contributed by atoms with Crippen LogP contribution in [-0.4, -0.2) is 62.9 Å². The molecule has 2 amide bonds. The molecule has 0 spiro atoms. The monoisotopic (exact) mass is 581 g/mol. The number of aliphatic hydroxyl groups is 1. The molecule has 4 rings (SSSR count).